The fourth-order valence-electron chi connectivity index (χ4n) is 3.57. The van der Waals surface area contributed by atoms with E-state index >= 15 is 0 Å². The van der Waals surface area contributed by atoms with Gasteiger partial charge >= 0.3 is 44.1 Å². The van der Waals surface area contributed by atoms with Crippen LogP contribution in [0.2, 0.25) is 0 Å². The maximum absolute atomic E-state index is 10.9. The first-order chi connectivity index (χ1) is 22.6. The van der Waals surface area contributed by atoms with Gasteiger partial charge in [-0.1, -0.05) is 99.3 Å². The molecule has 0 atom stereocenters. The number of esters is 3. The summed E-state index contributed by atoms with van der Waals surface area (Å²) in [5.41, 5.74) is 0. The minimum Gasteiger partial charge on any atom is -0.545 e. The van der Waals surface area contributed by atoms with Crippen molar-refractivity contribution in [3.8, 4) is 0 Å². The molecule has 0 aromatic carbocycles. The number of aliphatic carboxylic acids is 3. The van der Waals surface area contributed by atoms with Crippen LogP contribution in [0.25, 0.3) is 0 Å². The van der Waals surface area contributed by atoms with E-state index in [4.69, 9.17) is 14.2 Å². The Bertz CT molecular complexity index is 861. The fraction of sp³-hybridized carbons (Fsp3) is 0.667. The zero-order chi connectivity index (χ0) is 37.2. The molecule has 0 aliphatic rings. The number of unbranched alkanes of at least 4 members (excludes halogenated alkanes) is 6. The molecule has 0 aromatic heterocycles. The van der Waals surface area contributed by atoms with E-state index in [1.54, 1.807) is 0 Å². The number of carboxylic acids is 3. The number of carbonyl (C=O) groups excluding carboxylic acids is 6. The van der Waals surface area contributed by atoms with Crippen molar-refractivity contribution in [2.24, 2.45) is 17.8 Å². The van der Waals surface area contributed by atoms with Crippen molar-refractivity contribution in [3.05, 3.63) is 36.5 Å². The summed E-state index contributed by atoms with van der Waals surface area (Å²) in [6.07, 6.45) is 17.0. The summed E-state index contributed by atoms with van der Waals surface area (Å²) < 4.78 is 14.3. The average molecular weight is 891 g/mol. The Hall–Kier alpha value is -3.08. The Morgan fingerprint density at radius 1 is 0.408 bits per heavy atom. The van der Waals surface area contributed by atoms with Gasteiger partial charge in [-0.25, -0.2) is 14.4 Å². The zero-order valence-corrected chi connectivity index (χ0v) is 33.6. The summed E-state index contributed by atoms with van der Waals surface area (Å²) in [6, 6.07) is 0. The SMILES string of the molecule is CC(C)CCCCCOC(=O)/C=C/C(=O)[O-].CC(C)CCCCCOC(=O)/C=C/C(=O)[O-].CC(C)CCCCCOC(=O)/C=C/C(=O)[O-].[Bi+3]. The molecule has 0 bridgehead atoms. The molecule has 0 unspecified atom stereocenters. The van der Waals surface area contributed by atoms with Crippen molar-refractivity contribution in [1.82, 2.24) is 0 Å². The first-order valence-electron chi connectivity index (χ1n) is 16.7. The van der Waals surface area contributed by atoms with Crippen LogP contribution >= 0.6 is 0 Å². The molecule has 278 valence electrons. The summed E-state index contributed by atoms with van der Waals surface area (Å²) in [5.74, 6) is -3.97. The van der Waals surface area contributed by atoms with Crippen molar-refractivity contribution < 1.29 is 58.3 Å². The van der Waals surface area contributed by atoms with Crippen LogP contribution in [0.15, 0.2) is 36.5 Å². The van der Waals surface area contributed by atoms with Crippen molar-refractivity contribution >= 4 is 62.0 Å². The van der Waals surface area contributed by atoms with Crippen LogP contribution in [0, 0.1) is 17.8 Å². The van der Waals surface area contributed by atoms with Crippen molar-refractivity contribution in [2.45, 2.75) is 119 Å². The summed E-state index contributed by atoms with van der Waals surface area (Å²) in [6.45, 7) is 14.1. The maximum Gasteiger partial charge on any atom is 3.00 e. The average Bonchev–Trinajstić information content (AvgIpc) is 2.99. The van der Waals surface area contributed by atoms with Crippen LogP contribution in [0.4, 0.5) is 0 Å². The van der Waals surface area contributed by atoms with Crippen LogP contribution in [0.5, 0.6) is 0 Å². The molecule has 49 heavy (non-hydrogen) atoms. The monoisotopic (exact) mass is 890 g/mol. The normalized spacial score (nSPS) is 10.7. The summed E-state index contributed by atoms with van der Waals surface area (Å²) in [5, 5.41) is 29.9. The van der Waals surface area contributed by atoms with E-state index in [1.807, 2.05) is 0 Å². The number of carboxylic acid groups (broad SMARTS) is 3. The molecule has 0 fully saturated rings. The number of ether oxygens (including phenoxy) is 3. The van der Waals surface area contributed by atoms with E-state index in [9.17, 15) is 44.1 Å². The number of carbonyl (C=O) groups is 6. The van der Waals surface area contributed by atoms with Gasteiger partial charge in [0.2, 0.25) is 0 Å². The van der Waals surface area contributed by atoms with Gasteiger partial charge in [0.15, 0.2) is 0 Å². The Morgan fingerprint density at radius 3 is 0.816 bits per heavy atom. The van der Waals surface area contributed by atoms with Crippen LogP contribution in [0.3, 0.4) is 0 Å². The molecular weight excluding hydrogens is 833 g/mol. The topological polar surface area (TPSA) is 199 Å². The predicted octanol–water partition coefficient (Wildman–Crippen LogP) is 2.78. The van der Waals surface area contributed by atoms with Crippen LogP contribution in [-0.2, 0) is 43.0 Å². The van der Waals surface area contributed by atoms with Crippen molar-refractivity contribution in [3.63, 3.8) is 0 Å². The number of rotatable bonds is 24. The van der Waals surface area contributed by atoms with Crippen LogP contribution in [-0.4, -0.2) is 81.8 Å². The maximum atomic E-state index is 10.9. The number of hydrogen-bond acceptors (Lipinski definition) is 12. The first-order valence-corrected chi connectivity index (χ1v) is 16.7. The third-order valence-electron chi connectivity index (χ3n) is 6.08. The second kappa shape index (κ2) is 37.7. The molecule has 0 aromatic rings. The molecule has 0 spiro atoms. The van der Waals surface area contributed by atoms with Gasteiger partial charge in [-0.15, -0.1) is 0 Å². The fourth-order valence-corrected chi connectivity index (χ4v) is 3.57. The Balaban J connectivity index is -0.000000307. The van der Waals surface area contributed by atoms with Crippen molar-refractivity contribution in [1.29, 1.82) is 0 Å². The Kier molecular flexibility index (Phi) is 40.6. The van der Waals surface area contributed by atoms with E-state index in [1.165, 1.54) is 19.3 Å². The van der Waals surface area contributed by atoms with E-state index in [0.29, 0.717) is 55.8 Å². The minimum atomic E-state index is -1.39. The van der Waals surface area contributed by atoms with E-state index in [2.05, 4.69) is 41.5 Å². The molecule has 0 N–H and O–H groups in total. The predicted molar refractivity (Wildman–Crippen MR) is 181 cm³/mol. The first kappa shape index (κ1) is 52.7. The van der Waals surface area contributed by atoms with Crippen molar-refractivity contribution in [2.75, 3.05) is 19.8 Å². The molecule has 2 radical (unpaired) electrons. The van der Waals surface area contributed by atoms with Gasteiger partial charge in [0.1, 0.15) is 0 Å². The van der Waals surface area contributed by atoms with E-state index < -0.39 is 35.8 Å². The zero-order valence-electron chi connectivity index (χ0n) is 30.1. The van der Waals surface area contributed by atoms with E-state index in [-0.39, 0.29) is 26.2 Å². The Labute approximate surface area is 311 Å². The summed E-state index contributed by atoms with van der Waals surface area (Å²) in [7, 11) is 0. The van der Waals surface area contributed by atoms with E-state index in [0.717, 1.165) is 76.0 Å². The van der Waals surface area contributed by atoms with Crippen LogP contribution < -0.4 is 15.3 Å². The van der Waals surface area contributed by atoms with Gasteiger partial charge < -0.3 is 43.9 Å². The smallest absolute Gasteiger partial charge is 0.545 e. The van der Waals surface area contributed by atoms with Gasteiger partial charge in [-0.2, -0.15) is 0 Å². The molecule has 0 amide bonds. The molecule has 0 rings (SSSR count). The molecule has 0 heterocycles. The molecule has 0 saturated heterocycles. The minimum absolute atomic E-state index is 0. The van der Waals surface area contributed by atoms with Gasteiger partial charge in [-0.05, 0) is 55.2 Å². The molecule has 0 aliphatic heterocycles. The quantitative estimate of drug-likeness (QED) is 0.0452. The van der Waals surface area contributed by atoms with Gasteiger partial charge in [-0.3, -0.25) is 0 Å². The summed E-state index contributed by atoms with van der Waals surface area (Å²) in [4.78, 5) is 62.6. The second-order valence-electron chi connectivity index (χ2n) is 12.2. The molecule has 13 heteroatoms. The standard InChI is InChI=1S/3C12H20O4.Bi/c3*1-10(2)6-4-3-5-9-16-12(15)8-7-11(13)14;/h3*7-8,10H,3-6,9H2,1-2H3,(H,13,14);/q;;;+3/p-3/b3*8-7+;. The Morgan fingerprint density at radius 2 is 0.633 bits per heavy atom. The summed E-state index contributed by atoms with van der Waals surface area (Å²) >= 11 is 0. The second-order valence-corrected chi connectivity index (χ2v) is 12.2. The largest absolute Gasteiger partial charge is 3.00 e. The number of hydrogen-bond donors (Lipinski definition) is 0. The molecular formula is C36H57BiO12. The van der Waals surface area contributed by atoms with Gasteiger partial charge in [0.05, 0.1) is 37.7 Å². The third kappa shape index (κ3) is 54.6. The molecule has 0 aliphatic carbocycles. The van der Waals surface area contributed by atoms with Gasteiger partial charge in [0, 0.05) is 18.2 Å². The molecule has 0 saturated carbocycles. The molecule has 12 nitrogen and oxygen atoms in total. The van der Waals surface area contributed by atoms with Crippen LogP contribution in [0.1, 0.15) is 119 Å². The van der Waals surface area contributed by atoms with Gasteiger partial charge in [0.25, 0.3) is 0 Å². The third-order valence-corrected chi connectivity index (χ3v) is 6.08.